The Kier molecular flexibility index (Phi) is 6.45. The molecule has 1 fully saturated rings. The molecule has 26 heavy (non-hydrogen) atoms. The molecule has 1 aliphatic rings. The molecular formula is C14H16Cl2N2O8. The van der Waals surface area contributed by atoms with E-state index in [1.807, 2.05) is 4.98 Å². The number of alkyl halides is 2. The molecule has 1 aliphatic heterocycles. The fraction of sp³-hybridized carbons (Fsp3) is 0.571. The van der Waals surface area contributed by atoms with Crippen LogP contribution in [0.1, 0.15) is 13.2 Å². The lowest BCUT2D eigenvalue weighted by Crippen LogP contribution is -2.49. The lowest BCUT2D eigenvalue weighted by Gasteiger charge is -2.29. The molecule has 2 heterocycles. The third kappa shape index (κ3) is 4.26. The number of aromatic amines is 1. The van der Waals surface area contributed by atoms with Crippen molar-refractivity contribution in [2.75, 3.05) is 18.4 Å². The second kappa shape index (κ2) is 8.21. The van der Waals surface area contributed by atoms with E-state index in [0.29, 0.717) is 0 Å². The average molecular weight is 411 g/mol. The lowest BCUT2D eigenvalue weighted by atomic mass is 9.96. The quantitative estimate of drug-likeness (QED) is 0.455. The number of hydrogen-bond donors (Lipinski definition) is 2. The number of halogens is 2. The summed E-state index contributed by atoms with van der Waals surface area (Å²) in [5.74, 6) is -2.48. The molecule has 0 bridgehead atoms. The number of aromatic nitrogens is 2. The molecule has 0 saturated carbocycles. The zero-order valence-corrected chi connectivity index (χ0v) is 15.0. The SMILES string of the molecule is C[C@]1(O)[C@H](OC(=O)CCl)[C@@H](COC(=O)CCl)O[C@H]1n1ccc(=O)[nH]c1=O. The summed E-state index contributed by atoms with van der Waals surface area (Å²) in [6.07, 6.45) is -2.62. The Bertz CT molecular complexity index is 790. The van der Waals surface area contributed by atoms with E-state index in [9.17, 15) is 24.3 Å². The highest BCUT2D eigenvalue weighted by atomic mass is 35.5. The maximum Gasteiger partial charge on any atom is 0.330 e. The number of nitrogens with zero attached hydrogens (tertiary/aromatic N) is 1. The molecular weight excluding hydrogens is 395 g/mol. The number of carbonyl (C=O) groups excluding carboxylic acids is 2. The van der Waals surface area contributed by atoms with Crippen molar-refractivity contribution in [2.45, 2.75) is 31.0 Å². The van der Waals surface area contributed by atoms with Crippen molar-refractivity contribution in [1.29, 1.82) is 0 Å². The van der Waals surface area contributed by atoms with Crippen molar-refractivity contribution in [3.63, 3.8) is 0 Å². The van der Waals surface area contributed by atoms with Crippen LogP contribution in [0, 0.1) is 0 Å². The van der Waals surface area contributed by atoms with Crippen LogP contribution in [-0.2, 0) is 23.8 Å². The average Bonchev–Trinajstić information content (AvgIpc) is 2.83. The van der Waals surface area contributed by atoms with Crippen molar-refractivity contribution in [1.82, 2.24) is 9.55 Å². The number of esters is 2. The predicted octanol–water partition coefficient (Wildman–Crippen LogP) is -0.882. The van der Waals surface area contributed by atoms with Crippen molar-refractivity contribution in [2.24, 2.45) is 0 Å². The van der Waals surface area contributed by atoms with Gasteiger partial charge in [-0.15, -0.1) is 23.2 Å². The maximum absolute atomic E-state index is 12.0. The smallest absolute Gasteiger partial charge is 0.330 e. The van der Waals surface area contributed by atoms with E-state index in [1.54, 1.807) is 0 Å². The number of carbonyl (C=O) groups is 2. The minimum Gasteiger partial charge on any atom is -0.462 e. The Morgan fingerprint density at radius 1 is 1.35 bits per heavy atom. The highest BCUT2D eigenvalue weighted by molar-refractivity contribution is 6.26. The maximum atomic E-state index is 12.0. The molecule has 1 aromatic heterocycles. The Hall–Kier alpha value is -1.88. The number of ether oxygens (including phenoxy) is 3. The van der Waals surface area contributed by atoms with Crippen LogP contribution in [0.2, 0.25) is 0 Å². The summed E-state index contributed by atoms with van der Waals surface area (Å²) in [6.45, 7) is 0.876. The van der Waals surface area contributed by atoms with Crippen LogP contribution >= 0.6 is 23.2 Å². The summed E-state index contributed by atoms with van der Waals surface area (Å²) < 4.78 is 16.5. The second-order valence-corrected chi connectivity index (χ2v) is 6.17. The van der Waals surface area contributed by atoms with Gasteiger partial charge in [-0.05, 0) is 6.92 Å². The Morgan fingerprint density at radius 3 is 2.58 bits per heavy atom. The van der Waals surface area contributed by atoms with Crippen LogP contribution in [0.4, 0.5) is 0 Å². The van der Waals surface area contributed by atoms with Crippen LogP contribution in [0.3, 0.4) is 0 Å². The Balaban J connectivity index is 2.35. The first-order valence-electron chi connectivity index (χ1n) is 7.37. The van der Waals surface area contributed by atoms with Gasteiger partial charge in [-0.25, -0.2) is 4.79 Å². The monoisotopic (exact) mass is 410 g/mol. The zero-order chi connectivity index (χ0) is 19.5. The van der Waals surface area contributed by atoms with Gasteiger partial charge in [0.05, 0.1) is 0 Å². The van der Waals surface area contributed by atoms with Gasteiger partial charge in [0.1, 0.15) is 30.1 Å². The number of H-pyrrole nitrogens is 1. The van der Waals surface area contributed by atoms with Crippen molar-refractivity contribution in [3.05, 3.63) is 33.1 Å². The van der Waals surface area contributed by atoms with E-state index in [4.69, 9.17) is 37.4 Å². The Labute approximate surface area is 156 Å². The minimum absolute atomic E-state index is 0.392. The summed E-state index contributed by atoms with van der Waals surface area (Å²) in [4.78, 5) is 48.1. The number of aliphatic hydroxyl groups is 1. The molecule has 1 aromatic rings. The number of hydrogen-bond acceptors (Lipinski definition) is 8. The van der Waals surface area contributed by atoms with Gasteiger partial charge < -0.3 is 19.3 Å². The molecule has 0 amide bonds. The standard InChI is InChI=1S/C14H16Cl2N2O8/c1-14(23)11(26-10(21)5-16)7(6-24-9(20)4-15)25-12(14)18-3-2-8(19)17-13(18)22/h2-3,7,11-12,23H,4-6H2,1H3,(H,17,19,22)/t7-,11-,12-,14+/m1/s1. The Morgan fingerprint density at radius 2 is 2.00 bits per heavy atom. The summed E-state index contributed by atoms with van der Waals surface area (Å²) in [7, 11) is 0. The topological polar surface area (TPSA) is 137 Å². The first-order valence-corrected chi connectivity index (χ1v) is 8.44. The summed E-state index contributed by atoms with van der Waals surface area (Å²) in [6, 6.07) is 1.06. The first kappa shape index (κ1) is 20.4. The molecule has 0 radical (unpaired) electrons. The summed E-state index contributed by atoms with van der Waals surface area (Å²) >= 11 is 10.8. The molecule has 144 valence electrons. The largest absolute Gasteiger partial charge is 0.462 e. The van der Waals surface area contributed by atoms with Crippen LogP contribution < -0.4 is 11.2 Å². The third-order valence-corrected chi connectivity index (χ3v) is 4.14. The second-order valence-electron chi connectivity index (χ2n) is 5.63. The van der Waals surface area contributed by atoms with Gasteiger partial charge in [-0.3, -0.25) is 23.9 Å². The highest BCUT2D eigenvalue weighted by Gasteiger charge is 2.56. The van der Waals surface area contributed by atoms with Gasteiger partial charge in [0.25, 0.3) is 5.56 Å². The fourth-order valence-electron chi connectivity index (χ4n) is 2.56. The molecule has 10 nitrogen and oxygen atoms in total. The van der Waals surface area contributed by atoms with Gasteiger partial charge >= 0.3 is 17.6 Å². The predicted molar refractivity (Wildman–Crippen MR) is 88.1 cm³/mol. The van der Waals surface area contributed by atoms with E-state index in [0.717, 1.165) is 16.8 Å². The number of nitrogens with one attached hydrogen (secondary N) is 1. The first-order chi connectivity index (χ1) is 12.2. The highest BCUT2D eigenvalue weighted by Crippen LogP contribution is 2.39. The third-order valence-electron chi connectivity index (χ3n) is 3.71. The number of rotatable bonds is 6. The lowest BCUT2D eigenvalue weighted by molar-refractivity contribution is -0.162. The van der Waals surface area contributed by atoms with E-state index in [2.05, 4.69) is 0 Å². The van der Waals surface area contributed by atoms with E-state index in [-0.39, 0.29) is 0 Å². The molecule has 4 atom stereocenters. The van der Waals surface area contributed by atoms with Crippen molar-refractivity contribution < 1.29 is 28.9 Å². The summed E-state index contributed by atoms with van der Waals surface area (Å²) in [5, 5.41) is 10.8. The van der Waals surface area contributed by atoms with Crippen LogP contribution in [-0.4, -0.2) is 62.8 Å². The molecule has 2 rings (SSSR count). The van der Waals surface area contributed by atoms with Crippen LogP contribution in [0.5, 0.6) is 0 Å². The van der Waals surface area contributed by atoms with E-state index >= 15 is 0 Å². The van der Waals surface area contributed by atoms with Crippen LogP contribution in [0.15, 0.2) is 21.9 Å². The fourth-order valence-corrected chi connectivity index (χ4v) is 2.70. The van der Waals surface area contributed by atoms with Gasteiger partial charge in [-0.1, -0.05) is 0 Å². The van der Waals surface area contributed by atoms with Gasteiger partial charge in [-0.2, -0.15) is 0 Å². The molecule has 12 heteroatoms. The normalized spacial score (nSPS) is 27.9. The molecule has 0 spiro atoms. The molecule has 0 aromatic carbocycles. The van der Waals surface area contributed by atoms with Gasteiger partial charge in [0, 0.05) is 12.3 Å². The van der Waals surface area contributed by atoms with Crippen molar-refractivity contribution in [3.8, 4) is 0 Å². The molecule has 1 saturated heterocycles. The molecule has 0 aliphatic carbocycles. The van der Waals surface area contributed by atoms with Gasteiger partial charge in [0.2, 0.25) is 0 Å². The molecule has 2 N–H and O–H groups in total. The summed E-state index contributed by atoms with van der Waals surface area (Å²) in [5.41, 5.74) is -3.38. The minimum atomic E-state index is -1.90. The zero-order valence-electron chi connectivity index (χ0n) is 13.5. The van der Waals surface area contributed by atoms with Gasteiger partial charge in [0.15, 0.2) is 12.3 Å². The van der Waals surface area contributed by atoms with Crippen LogP contribution in [0.25, 0.3) is 0 Å². The van der Waals surface area contributed by atoms with Crippen molar-refractivity contribution >= 4 is 35.1 Å². The van der Waals surface area contributed by atoms with E-state index < -0.39 is 65.6 Å². The molecule has 0 unspecified atom stereocenters. The van der Waals surface area contributed by atoms with E-state index in [1.165, 1.54) is 6.92 Å².